The first-order chi connectivity index (χ1) is 7.79. The fraction of sp³-hybridized carbons (Fsp3) is 0.364. The maximum absolute atomic E-state index is 4.31. The third kappa shape index (κ3) is 2.93. The third-order valence-corrected chi connectivity index (χ3v) is 3.98. The quantitative estimate of drug-likeness (QED) is 0.890. The number of aromatic amines is 1. The number of nitrogens with zero attached hydrogens (tertiary/aromatic N) is 1. The van der Waals surface area contributed by atoms with Gasteiger partial charge in [0.1, 0.15) is 5.82 Å². The number of nitrogens with one attached hydrogen (secondary N) is 2. The van der Waals surface area contributed by atoms with Crippen molar-refractivity contribution in [3.63, 3.8) is 0 Å². The Hall–Kier alpha value is -0.650. The lowest BCUT2D eigenvalue weighted by molar-refractivity contribution is 0.529. The molecular weight excluding hydrogens is 286 g/mol. The van der Waals surface area contributed by atoms with Crippen molar-refractivity contribution in [3.05, 3.63) is 39.0 Å². The maximum atomic E-state index is 4.31. The summed E-state index contributed by atoms with van der Waals surface area (Å²) in [5.74, 6) is 1.01. The van der Waals surface area contributed by atoms with Crippen molar-refractivity contribution in [2.24, 2.45) is 0 Å². The highest BCUT2D eigenvalue weighted by atomic mass is 79.9. The lowest BCUT2D eigenvalue weighted by atomic mass is 10.1. The van der Waals surface area contributed by atoms with Gasteiger partial charge >= 0.3 is 0 Å². The van der Waals surface area contributed by atoms with E-state index in [1.54, 1.807) is 17.5 Å². The smallest absolute Gasteiger partial charge is 0.123 e. The number of rotatable bonds is 5. The molecule has 0 amide bonds. The summed E-state index contributed by atoms with van der Waals surface area (Å²) in [5.41, 5.74) is 0. The van der Waals surface area contributed by atoms with E-state index >= 15 is 0 Å². The van der Waals surface area contributed by atoms with Crippen LogP contribution in [0.4, 0.5) is 0 Å². The minimum atomic E-state index is 0.269. The van der Waals surface area contributed by atoms with Gasteiger partial charge in [-0.2, -0.15) is 0 Å². The lowest BCUT2D eigenvalue weighted by Crippen LogP contribution is -2.23. The first kappa shape index (κ1) is 11.8. The summed E-state index contributed by atoms with van der Waals surface area (Å²) < 4.78 is 1.18. The molecule has 0 fully saturated rings. The molecule has 0 bridgehead atoms. The standard InChI is InChI=1S/C11H14BrN3S/c1-2-13-9(11-14-5-6-15-11)7-8-3-4-10(12)16-8/h3-6,9,13H,2,7H2,1H3,(H,14,15). The van der Waals surface area contributed by atoms with Crippen molar-refractivity contribution in [1.82, 2.24) is 15.3 Å². The van der Waals surface area contributed by atoms with Crippen LogP contribution in [-0.2, 0) is 6.42 Å². The normalized spacial score (nSPS) is 12.9. The largest absolute Gasteiger partial charge is 0.347 e. The maximum Gasteiger partial charge on any atom is 0.123 e. The monoisotopic (exact) mass is 299 g/mol. The van der Waals surface area contributed by atoms with Crippen molar-refractivity contribution >= 4 is 27.3 Å². The molecule has 2 aromatic rings. The zero-order chi connectivity index (χ0) is 11.4. The van der Waals surface area contributed by atoms with Crippen LogP contribution in [0.3, 0.4) is 0 Å². The molecular formula is C11H14BrN3S. The van der Waals surface area contributed by atoms with E-state index in [0.29, 0.717) is 0 Å². The molecule has 0 aliphatic heterocycles. The summed E-state index contributed by atoms with van der Waals surface area (Å²) in [6, 6.07) is 4.51. The van der Waals surface area contributed by atoms with Gasteiger partial charge in [-0.05, 0) is 34.6 Å². The fourth-order valence-corrected chi connectivity index (χ4v) is 3.17. The summed E-state index contributed by atoms with van der Waals surface area (Å²) >= 11 is 5.26. The number of halogens is 1. The van der Waals surface area contributed by atoms with Crippen LogP contribution < -0.4 is 5.32 Å². The minimum absolute atomic E-state index is 0.269. The van der Waals surface area contributed by atoms with Crippen LogP contribution in [0.15, 0.2) is 28.3 Å². The highest BCUT2D eigenvalue weighted by Gasteiger charge is 2.14. The van der Waals surface area contributed by atoms with Crippen LogP contribution in [0.25, 0.3) is 0 Å². The second-order valence-corrected chi connectivity index (χ2v) is 6.04. The average molecular weight is 300 g/mol. The van der Waals surface area contributed by atoms with Crippen LogP contribution in [0.1, 0.15) is 23.7 Å². The van der Waals surface area contributed by atoms with E-state index in [2.05, 4.69) is 50.3 Å². The second-order valence-electron chi connectivity index (χ2n) is 3.49. The molecule has 0 aliphatic carbocycles. The van der Waals surface area contributed by atoms with Gasteiger partial charge in [0.2, 0.25) is 0 Å². The van der Waals surface area contributed by atoms with Gasteiger partial charge in [-0.15, -0.1) is 11.3 Å². The number of likely N-dealkylation sites (N-methyl/N-ethyl adjacent to an activating group) is 1. The molecule has 0 aliphatic rings. The van der Waals surface area contributed by atoms with Gasteiger partial charge in [0.05, 0.1) is 9.83 Å². The Balaban J connectivity index is 2.09. The van der Waals surface area contributed by atoms with Crippen molar-refractivity contribution in [1.29, 1.82) is 0 Å². The molecule has 3 nitrogen and oxygen atoms in total. The molecule has 0 spiro atoms. The topological polar surface area (TPSA) is 40.7 Å². The van der Waals surface area contributed by atoms with Gasteiger partial charge in [0, 0.05) is 23.7 Å². The number of aromatic nitrogens is 2. The van der Waals surface area contributed by atoms with Crippen LogP contribution >= 0.6 is 27.3 Å². The predicted molar refractivity (Wildman–Crippen MR) is 70.7 cm³/mol. The van der Waals surface area contributed by atoms with E-state index in [4.69, 9.17) is 0 Å². The number of hydrogen-bond acceptors (Lipinski definition) is 3. The Bertz CT molecular complexity index is 424. The predicted octanol–water partition coefficient (Wildman–Crippen LogP) is 3.13. The highest BCUT2D eigenvalue weighted by Crippen LogP contribution is 2.25. The Morgan fingerprint density at radius 1 is 1.56 bits per heavy atom. The van der Waals surface area contributed by atoms with Gasteiger partial charge in [-0.3, -0.25) is 0 Å². The van der Waals surface area contributed by atoms with Crippen LogP contribution in [0.2, 0.25) is 0 Å². The zero-order valence-corrected chi connectivity index (χ0v) is 11.4. The zero-order valence-electron chi connectivity index (χ0n) is 9.03. The van der Waals surface area contributed by atoms with Gasteiger partial charge in [-0.1, -0.05) is 6.92 Å². The summed E-state index contributed by atoms with van der Waals surface area (Å²) in [6.07, 6.45) is 4.63. The molecule has 2 aromatic heterocycles. The van der Waals surface area contributed by atoms with Gasteiger partial charge in [0.25, 0.3) is 0 Å². The molecule has 16 heavy (non-hydrogen) atoms. The Labute approximate surface area is 107 Å². The van der Waals surface area contributed by atoms with Crippen LogP contribution in [-0.4, -0.2) is 16.5 Å². The van der Waals surface area contributed by atoms with Crippen molar-refractivity contribution in [2.45, 2.75) is 19.4 Å². The van der Waals surface area contributed by atoms with E-state index < -0.39 is 0 Å². The summed E-state index contributed by atoms with van der Waals surface area (Å²) in [4.78, 5) is 8.84. The molecule has 0 saturated carbocycles. The first-order valence-electron chi connectivity index (χ1n) is 5.26. The SMILES string of the molecule is CCNC(Cc1ccc(Br)s1)c1ncc[nH]1. The fourth-order valence-electron chi connectivity index (χ4n) is 1.64. The molecule has 1 unspecified atom stereocenters. The van der Waals surface area contributed by atoms with Crippen molar-refractivity contribution < 1.29 is 0 Å². The minimum Gasteiger partial charge on any atom is -0.347 e. The molecule has 0 aromatic carbocycles. The van der Waals surface area contributed by atoms with Gasteiger partial charge < -0.3 is 10.3 Å². The van der Waals surface area contributed by atoms with E-state index in [1.165, 1.54) is 8.66 Å². The number of hydrogen-bond donors (Lipinski definition) is 2. The second kappa shape index (κ2) is 5.61. The van der Waals surface area contributed by atoms with Crippen LogP contribution in [0.5, 0.6) is 0 Å². The van der Waals surface area contributed by atoms with E-state index in [-0.39, 0.29) is 6.04 Å². The first-order valence-corrected chi connectivity index (χ1v) is 6.87. The lowest BCUT2D eigenvalue weighted by Gasteiger charge is -2.14. The number of thiophene rings is 1. The van der Waals surface area contributed by atoms with E-state index in [1.807, 2.05) is 6.20 Å². The van der Waals surface area contributed by atoms with Crippen molar-refractivity contribution in [2.75, 3.05) is 6.54 Å². The van der Waals surface area contributed by atoms with E-state index in [9.17, 15) is 0 Å². The van der Waals surface area contributed by atoms with Gasteiger partial charge in [-0.25, -0.2) is 4.98 Å². The average Bonchev–Trinajstić information content (AvgIpc) is 2.88. The molecule has 5 heteroatoms. The van der Waals surface area contributed by atoms with E-state index in [0.717, 1.165) is 18.8 Å². The van der Waals surface area contributed by atoms with Crippen LogP contribution in [0, 0.1) is 0 Å². The van der Waals surface area contributed by atoms with Crippen molar-refractivity contribution in [3.8, 4) is 0 Å². The van der Waals surface area contributed by atoms with Gasteiger partial charge in [0.15, 0.2) is 0 Å². The molecule has 0 radical (unpaired) electrons. The molecule has 2 heterocycles. The summed E-state index contributed by atoms with van der Waals surface area (Å²) in [7, 11) is 0. The Kier molecular flexibility index (Phi) is 4.15. The summed E-state index contributed by atoms with van der Waals surface area (Å²) in [5, 5.41) is 3.44. The molecule has 2 N–H and O–H groups in total. The summed E-state index contributed by atoms with van der Waals surface area (Å²) in [6.45, 7) is 3.05. The third-order valence-electron chi connectivity index (χ3n) is 2.33. The highest BCUT2D eigenvalue weighted by molar-refractivity contribution is 9.11. The molecule has 86 valence electrons. The molecule has 0 saturated heterocycles. The molecule has 1 atom stereocenters. The number of imidazole rings is 1. The Morgan fingerprint density at radius 3 is 3.00 bits per heavy atom. The Morgan fingerprint density at radius 2 is 2.44 bits per heavy atom. The number of H-pyrrole nitrogens is 1. The molecule has 2 rings (SSSR count).